The molecule has 3 nitrogen and oxygen atoms in total. The molecule has 0 spiro atoms. The van der Waals surface area contributed by atoms with Crippen molar-refractivity contribution >= 4 is 54.1 Å². The maximum Gasteiger partial charge on any atom is 0.0972 e. The minimum absolute atomic E-state index is 0.900. The summed E-state index contributed by atoms with van der Waals surface area (Å²) in [5.41, 5.74) is 12.5. The number of benzene rings is 6. The van der Waals surface area contributed by atoms with E-state index in [1.807, 2.05) is 17.4 Å². The number of hydrogen-bond acceptors (Lipinski definition) is 4. The molecule has 0 aliphatic heterocycles. The number of rotatable bonds is 5. The van der Waals surface area contributed by atoms with Gasteiger partial charge in [0.05, 0.1) is 38.3 Å². The first kappa shape index (κ1) is 29.4. The van der Waals surface area contributed by atoms with E-state index in [-0.39, 0.29) is 0 Å². The van der Waals surface area contributed by atoms with Crippen molar-refractivity contribution in [3.8, 4) is 55.3 Å². The van der Waals surface area contributed by atoms with Crippen LogP contribution in [-0.2, 0) is 0 Å². The van der Waals surface area contributed by atoms with Gasteiger partial charge in [0.25, 0.3) is 0 Å². The molecule has 10 aromatic rings. The summed E-state index contributed by atoms with van der Waals surface area (Å²) in [6.45, 7) is 0. The van der Waals surface area contributed by atoms with Crippen molar-refractivity contribution < 1.29 is 0 Å². The predicted molar refractivity (Wildman–Crippen MR) is 215 cm³/mol. The van der Waals surface area contributed by atoms with E-state index in [0.29, 0.717) is 0 Å². The highest BCUT2D eigenvalue weighted by atomic mass is 32.1. The molecule has 0 aliphatic carbocycles. The van der Waals surface area contributed by atoms with Crippen molar-refractivity contribution in [2.75, 3.05) is 0 Å². The molecule has 0 N–H and O–H groups in total. The van der Waals surface area contributed by atoms with Gasteiger partial charge in [-0.15, -0.1) is 11.3 Å². The summed E-state index contributed by atoms with van der Waals surface area (Å²) in [5.74, 6) is 0. The Hall–Kier alpha value is -6.49. The monoisotopic (exact) mass is 667 g/mol. The highest BCUT2D eigenvalue weighted by Crippen LogP contribution is 2.50. The Bertz CT molecular complexity index is 2880. The zero-order chi connectivity index (χ0) is 33.7. The maximum atomic E-state index is 5.36. The smallest absolute Gasteiger partial charge is 0.0972 e. The van der Waals surface area contributed by atoms with E-state index >= 15 is 0 Å². The summed E-state index contributed by atoms with van der Waals surface area (Å²) in [4.78, 5) is 17.1. The zero-order valence-electron chi connectivity index (χ0n) is 27.5. The van der Waals surface area contributed by atoms with Gasteiger partial charge in [-0.2, -0.15) is 0 Å². The standard InChI is InChI=1S/C47H29N3S/c1-5-13-30(14-6-1)38-26-23-33-21-22-34-24-27-39(49-44(34)43(33)48-38)36-25-28-40-37(29-36)42-41(31-15-7-2-8-16-31)46(35-19-11-4-12-20-35)51-47(42)45(50-40)32-17-9-3-10-18-32/h1-29H. The molecule has 0 unspecified atom stereocenters. The molecule has 51 heavy (non-hydrogen) atoms. The van der Waals surface area contributed by atoms with Crippen LogP contribution in [0, 0.1) is 0 Å². The Morgan fingerprint density at radius 2 is 0.902 bits per heavy atom. The van der Waals surface area contributed by atoms with Crippen LogP contribution in [0.3, 0.4) is 0 Å². The number of thiophene rings is 1. The summed E-state index contributed by atoms with van der Waals surface area (Å²) in [7, 11) is 0. The van der Waals surface area contributed by atoms with Crippen LogP contribution in [0.4, 0.5) is 0 Å². The molecule has 4 heterocycles. The summed E-state index contributed by atoms with van der Waals surface area (Å²) < 4.78 is 1.18. The van der Waals surface area contributed by atoms with Crippen molar-refractivity contribution in [3.63, 3.8) is 0 Å². The molecule has 4 aromatic heterocycles. The average molecular weight is 668 g/mol. The molecule has 4 heteroatoms. The van der Waals surface area contributed by atoms with E-state index in [4.69, 9.17) is 15.0 Å². The Kier molecular flexibility index (Phi) is 7.00. The molecule has 0 fully saturated rings. The Labute approximate surface area is 299 Å². The van der Waals surface area contributed by atoms with E-state index in [2.05, 4.69) is 170 Å². The van der Waals surface area contributed by atoms with Gasteiger partial charge in [-0.05, 0) is 35.4 Å². The highest BCUT2D eigenvalue weighted by molar-refractivity contribution is 7.23. The number of nitrogens with zero attached hydrogens (tertiary/aromatic N) is 3. The molecule has 0 atom stereocenters. The third kappa shape index (κ3) is 5.08. The fourth-order valence-electron chi connectivity index (χ4n) is 7.18. The third-order valence-electron chi connectivity index (χ3n) is 9.65. The van der Waals surface area contributed by atoms with E-state index < -0.39 is 0 Å². The van der Waals surface area contributed by atoms with Gasteiger partial charge in [0, 0.05) is 48.7 Å². The minimum atomic E-state index is 0.900. The normalized spacial score (nSPS) is 11.5. The first-order valence-electron chi connectivity index (χ1n) is 17.1. The van der Waals surface area contributed by atoms with Crippen LogP contribution in [0.1, 0.15) is 0 Å². The van der Waals surface area contributed by atoms with Gasteiger partial charge in [0.1, 0.15) is 0 Å². The van der Waals surface area contributed by atoms with Crippen LogP contribution in [0.15, 0.2) is 176 Å². The summed E-state index contributed by atoms with van der Waals surface area (Å²) in [6, 6.07) is 61.8. The Morgan fingerprint density at radius 1 is 0.392 bits per heavy atom. The van der Waals surface area contributed by atoms with Crippen molar-refractivity contribution in [3.05, 3.63) is 176 Å². The van der Waals surface area contributed by atoms with Crippen LogP contribution in [0.5, 0.6) is 0 Å². The number of fused-ring (bicyclic) bond motifs is 6. The highest BCUT2D eigenvalue weighted by Gasteiger charge is 2.22. The van der Waals surface area contributed by atoms with E-state index in [1.54, 1.807) is 0 Å². The molecule has 0 saturated heterocycles. The first-order valence-corrected chi connectivity index (χ1v) is 17.9. The van der Waals surface area contributed by atoms with Crippen molar-refractivity contribution in [1.82, 2.24) is 15.0 Å². The second kappa shape index (κ2) is 12.1. The lowest BCUT2D eigenvalue weighted by Crippen LogP contribution is -1.92. The maximum absolute atomic E-state index is 5.36. The molecule has 6 aromatic carbocycles. The third-order valence-corrected chi connectivity index (χ3v) is 10.9. The van der Waals surface area contributed by atoms with Crippen LogP contribution >= 0.6 is 11.3 Å². The second-order valence-corrected chi connectivity index (χ2v) is 13.8. The fourth-order valence-corrected chi connectivity index (χ4v) is 8.54. The van der Waals surface area contributed by atoms with Crippen LogP contribution < -0.4 is 0 Å². The van der Waals surface area contributed by atoms with Crippen LogP contribution in [0.2, 0.25) is 0 Å². The molecular formula is C47H29N3S. The van der Waals surface area contributed by atoms with Gasteiger partial charge in [0.2, 0.25) is 0 Å². The average Bonchev–Trinajstić information content (AvgIpc) is 3.62. The molecule has 0 aliphatic rings. The number of aromatic nitrogens is 3. The topological polar surface area (TPSA) is 38.7 Å². The van der Waals surface area contributed by atoms with E-state index in [1.165, 1.54) is 31.7 Å². The Morgan fingerprint density at radius 3 is 1.51 bits per heavy atom. The fraction of sp³-hybridized carbons (Fsp3) is 0. The van der Waals surface area contributed by atoms with Crippen molar-refractivity contribution in [1.29, 1.82) is 0 Å². The molecule has 0 saturated carbocycles. The zero-order valence-corrected chi connectivity index (χ0v) is 28.3. The van der Waals surface area contributed by atoms with Crippen LogP contribution in [0.25, 0.3) is 98.1 Å². The molecule has 0 amide bonds. The number of hydrogen-bond donors (Lipinski definition) is 0. The van der Waals surface area contributed by atoms with Gasteiger partial charge >= 0.3 is 0 Å². The molecular weight excluding hydrogens is 639 g/mol. The van der Waals surface area contributed by atoms with Gasteiger partial charge in [0.15, 0.2) is 0 Å². The van der Waals surface area contributed by atoms with Gasteiger partial charge < -0.3 is 0 Å². The van der Waals surface area contributed by atoms with E-state index in [9.17, 15) is 0 Å². The quantitative estimate of drug-likeness (QED) is 0.171. The molecule has 0 bridgehead atoms. The van der Waals surface area contributed by atoms with Gasteiger partial charge in [-0.25, -0.2) is 15.0 Å². The minimum Gasteiger partial charge on any atom is -0.246 e. The summed E-state index contributed by atoms with van der Waals surface area (Å²) in [6.07, 6.45) is 0. The van der Waals surface area contributed by atoms with Crippen LogP contribution in [-0.4, -0.2) is 15.0 Å². The SMILES string of the molecule is c1ccc(-c2ccc3ccc4ccc(-c5ccc6nc(-c7ccccc7)c7sc(-c8ccccc8)c(-c8ccccc8)c7c6c5)nc4c3n2)cc1. The molecule has 0 radical (unpaired) electrons. The lowest BCUT2D eigenvalue weighted by molar-refractivity contribution is 1.36. The predicted octanol–water partition coefficient (Wildman–Crippen LogP) is 12.9. The second-order valence-electron chi connectivity index (χ2n) is 12.8. The van der Waals surface area contributed by atoms with Gasteiger partial charge in [-0.3, -0.25) is 0 Å². The summed E-state index contributed by atoms with van der Waals surface area (Å²) in [5, 5.41) is 4.47. The molecule has 10 rings (SSSR count). The lowest BCUT2D eigenvalue weighted by Gasteiger charge is -2.12. The van der Waals surface area contributed by atoms with Crippen molar-refractivity contribution in [2.45, 2.75) is 0 Å². The Balaban J connectivity index is 1.24. The molecule has 238 valence electrons. The van der Waals surface area contributed by atoms with Gasteiger partial charge in [-0.1, -0.05) is 152 Å². The largest absolute Gasteiger partial charge is 0.246 e. The van der Waals surface area contributed by atoms with E-state index in [0.717, 1.165) is 66.5 Å². The summed E-state index contributed by atoms with van der Waals surface area (Å²) >= 11 is 1.83. The van der Waals surface area contributed by atoms with Crippen molar-refractivity contribution in [2.24, 2.45) is 0 Å². The number of pyridine rings is 3. The first-order chi connectivity index (χ1) is 25.3. The lowest BCUT2D eigenvalue weighted by atomic mass is 9.94.